The fourth-order valence-electron chi connectivity index (χ4n) is 2.75. The van der Waals surface area contributed by atoms with Gasteiger partial charge in [-0.3, -0.25) is 4.79 Å². The third kappa shape index (κ3) is 7.33. The van der Waals surface area contributed by atoms with Gasteiger partial charge in [-0.15, -0.1) is 0 Å². The van der Waals surface area contributed by atoms with Crippen molar-refractivity contribution in [2.24, 2.45) is 5.92 Å². The van der Waals surface area contributed by atoms with Crippen LogP contribution in [0.3, 0.4) is 0 Å². The molecule has 0 radical (unpaired) electrons. The third-order valence-electron chi connectivity index (χ3n) is 4.29. The Morgan fingerprint density at radius 1 is 1.11 bits per heavy atom. The zero-order valence-corrected chi connectivity index (χ0v) is 15.4. The van der Waals surface area contributed by atoms with E-state index < -0.39 is 18.0 Å². The molecule has 2 atom stereocenters. The molecule has 144 valence electrons. The first-order chi connectivity index (χ1) is 13.1. The maximum Gasteiger partial charge on any atom is 0.306 e. The largest absolute Gasteiger partial charge is 0.481 e. The van der Waals surface area contributed by atoms with Gasteiger partial charge in [-0.25, -0.2) is 4.39 Å². The van der Waals surface area contributed by atoms with Crippen molar-refractivity contribution < 1.29 is 23.8 Å². The molecule has 0 aliphatic carbocycles. The standard InChI is InChI=1S/C22H25FO4/c1-26-21(18-10-12-20(23)13-11-18)15-19(22(24)25)9-5-6-14-27-16-17-7-3-2-4-8-17/h2-8,10-13,19,21H,9,14-16H2,1H3,(H,24,25)/t19-,21+/m0/s1. The van der Waals surface area contributed by atoms with Crippen LogP contribution in [-0.2, 0) is 20.9 Å². The van der Waals surface area contributed by atoms with Crippen molar-refractivity contribution in [1.82, 2.24) is 0 Å². The van der Waals surface area contributed by atoms with E-state index in [-0.39, 0.29) is 5.82 Å². The quantitative estimate of drug-likeness (QED) is 0.456. The lowest BCUT2D eigenvalue weighted by atomic mass is 9.94. The minimum Gasteiger partial charge on any atom is -0.481 e. The monoisotopic (exact) mass is 372 g/mol. The fraction of sp³-hybridized carbons (Fsp3) is 0.318. The lowest BCUT2D eigenvalue weighted by molar-refractivity contribution is -0.143. The number of benzene rings is 2. The average Bonchev–Trinajstić information content (AvgIpc) is 2.68. The van der Waals surface area contributed by atoms with Crippen molar-refractivity contribution in [3.8, 4) is 0 Å². The summed E-state index contributed by atoms with van der Waals surface area (Å²) in [6.07, 6.45) is 3.95. The molecule has 0 bridgehead atoms. The highest BCUT2D eigenvalue weighted by Crippen LogP contribution is 2.27. The Morgan fingerprint density at radius 3 is 2.44 bits per heavy atom. The van der Waals surface area contributed by atoms with E-state index >= 15 is 0 Å². The van der Waals surface area contributed by atoms with Gasteiger partial charge in [0.2, 0.25) is 0 Å². The molecule has 0 unspecified atom stereocenters. The summed E-state index contributed by atoms with van der Waals surface area (Å²) in [5.74, 6) is -1.80. The van der Waals surface area contributed by atoms with Gasteiger partial charge in [0, 0.05) is 7.11 Å². The Kier molecular flexibility index (Phi) is 8.68. The highest BCUT2D eigenvalue weighted by Gasteiger charge is 2.22. The van der Waals surface area contributed by atoms with Gasteiger partial charge in [0.15, 0.2) is 0 Å². The molecule has 27 heavy (non-hydrogen) atoms. The summed E-state index contributed by atoms with van der Waals surface area (Å²) in [5.41, 5.74) is 1.86. The number of carboxylic acid groups (broad SMARTS) is 1. The number of hydrogen-bond donors (Lipinski definition) is 1. The van der Waals surface area contributed by atoms with E-state index in [0.29, 0.717) is 26.1 Å². The molecular weight excluding hydrogens is 347 g/mol. The van der Waals surface area contributed by atoms with Gasteiger partial charge in [0.1, 0.15) is 5.82 Å². The minimum absolute atomic E-state index is 0.312. The normalized spacial score (nSPS) is 13.6. The van der Waals surface area contributed by atoms with E-state index in [1.165, 1.54) is 19.2 Å². The Balaban J connectivity index is 1.81. The molecule has 0 heterocycles. The van der Waals surface area contributed by atoms with Gasteiger partial charge in [-0.1, -0.05) is 54.6 Å². The van der Waals surface area contributed by atoms with Crippen molar-refractivity contribution in [3.63, 3.8) is 0 Å². The van der Waals surface area contributed by atoms with Crippen LogP contribution in [0.25, 0.3) is 0 Å². The topological polar surface area (TPSA) is 55.8 Å². The average molecular weight is 372 g/mol. The lowest BCUT2D eigenvalue weighted by Crippen LogP contribution is -2.17. The van der Waals surface area contributed by atoms with Crippen LogP contribution in [-0.4, -0.2) is 24.8 Å². The molecule has 0 saturated carbocycles. The number of carboxylic acids is 1. The second-order valence-electron chi connectivity index (χ2n) is 6.25. The molecule has 2 aromatic rings. The molecule has 0 saturated heterocycles. The number of rotatable bonds is 11. The Morgan fingerprint density at radius 2 is 1.81 bits per heavy atom. The number of halogens is 1. The fourth-order valence-corrected chi connectivity index (χ4v) is 2.75. The van der Waals surface area contributed by atoms with Crippen molar-refractivity contribution in [3.05, 3.63) is 83.7 Å². The summed E-state index contributed by atoms with van der Waals surface area (Å²) in [6.45, 7) is 0.941. The van der Waals surface area contributed by atoms with E-state index in [4.69, 9.17) is 9.47 Å². The molecule has 0 amide bonds. The Labute approximate surface area is 159 Å². The number of allylic oxidation sites excluding steroid dienone is 1. The lowest BCUT2D eigenvalue weighted by Gasteiger charge is -2.19. The van der Waals surface area contributed by atoms with Crippen LogP contribution in [0.15, 0.2) is 66.7 Å². The van der Waals surface area contributed by atoms with Crippen LogP contribution in [0.2, 0.25) is 0 Å². The summed E-state index contributed by atoms with van der Waals surface area (Å²) < 4.78 is 24.0. The predicted octanol–water partition coefficient (Wildman–Crippen LogP) is 4.77. The van der Waals surface area contributed by atoms with Gasteiger partial charge >= 0.3 is 5.97 Å². The molecule has 0 spiro atoms. The number of methoxy groups -OCH3 is 1. The zero-order chi connectivity index (χ0) is 19.5. The van der Waals surface area contributed by atoms with Crippen LogP contribution in [0.1, 0.15) is 30.1 Å². The van der Waals surface area contributed by atoms with Gasteiger partial charge in [-0.2, -0.15) is 0 Å². The molecule has 0 fully saturated rings. The van der Waals surface area contributed by atoms with Crippen molar-refractivity contribution >= 4 is 5.97 Å². The summed E-state index contributed by atoms with van der Waals surface area (Å²) in [6, 6.07) is 15.8. The minimum atomic E-state index is -0.881. The Hall–Kier alpha value is -2.50. The number of aliphatic carboxylic acids is 1. The van der Waals surface area contributed by atoms with Crippen LogP contribution < -0.4 is 0 Å². The van der Waals surface area contributed by atoms with E-state index in [9.17, 15) is 14.3 Å². The highest BCUT2D eigenvalue weighted by molar-refractivity contribution is 5.70. The van der Waals surface area contributed by atoms with Crippen LogP contribution in [0.4, 0.5) is 4.39 Å². The van der Waals surface area contributed by atoms with Gasteiger partial charge in [0.25, 0.3) is 0 Å². The summed E-state index contributed by atoms with van der Waals surface area (Å²) in [7, 11) is 1.53. The first-order valence-corrected chi connectivity index (χ1v) is 8.88. The van der Waals surface area contributed by atoms with E-state index in [1.807, 2.05) is 42.5 Å². The molecule has 0 aliphatic rings. The molecule has 2 aromatic carbocycles. The maximum absolute atomic E-state index is 13.1. The highest BCUT2D eigenvalue weighted by atomic mass is 19.1. The number of hydrogen-bond acceptors (Lipinski definition) is 3. The van der Waals surface area contributed by atoms with Gasteiger partial charge in [-0.05, 0) is 36.1 Å². The second kappa shape index (κ2) is 11.3. The second-order valence-corrected chi connectivity index (χ2v) is 6.25. The van der Waals surface area contributed by atoms with Gasteiger partial charge in [0.05, 0.1) is 25.2 Å². The Bertz CT molecular complexity index is 713. The van der Waals surface area contributed by atoms with E-state index in [2.05, 4.69) is 0 Å². The number of ether oxygens (including phenoxy) is 2. The summed E-state index contributed by atoms with van der Waals surface area (Å²) in [4.78, 5) is 11.6. The summed E-state index contributed by atoms with van der Waals surface area (Å²) >= 11 is 0. The van der Waals surface area contributed by atoms with Gasteiger partial charge < -0.3 is 14.6 Å². The third-order valence-corrected chi connectivity index (χ3v) is 4.29. The van der Waals surface area contributed by atoms with Crippen molar-refractivity contribution in [2.45, 2.75) is 25.6 Å². The molecule has 2 rings (SSSR count). The first kappa shape index (κ1) is 20.8. The van der Waals surface area contributed by atoms with E-state index in [1.54, 1.807) is 12.1 Å². The first-order valence-electron chi connectivity index (χ1n) is 8.88. The predicted molar refractivity (Wildman–Crippen MR) is 102 cm³/mol. The maximum atomic E-state index is 13.1. The summed E-state index contributed by atoms with van der Waals surface area (Å²) in [5, 5.41) is 9.48. The molecule has 0 aromatic heterocycles. The smallest absolute Gasteiger partial charge is 0.306 e. The van der Waals surface area contributed by atoms with Crippen molar-refractivity contribution in [2.75, 3.05) is 13.7 Å². The zero-order valence-electron chi connectivity index (χ0n) is 15.4. The molecule has 4 nitrogen and oxygen atoms in total. The molecular formula is C22H25FO4. The van der Waals surface area contributed by atoms with Crippen LogP contribution >= 0.6 is 0 Å². The number of carbonyl (C=O) groups is 1. The van der Waals surface area contributed by atoms with Crippen LogP contribution in [0.5, 0.6) is 0 Å². The van der Waals surface area contributed by atoms with Crippen LogP contribution in [0, 0.1) is 11.7 Å². The molecule has 0 aliphatic heterocycles. The molecule has 5 heteroatoms. The van der Waals surface area contributed by atoms with E-state index in [0.717, 1.165) is 11.1 Å². The van der Waals surface area contributed by atoms with Crippen molar-refractivity contribution in [1.29, 1.82) is 0 Å². The molecule has 1 N–H and O–H groups in total. The SMILES string of the molecule is CO[C@H](C[C@H](CC=CCOCc1ccccc1)C(=O)O)c1ccc(F)cc1.